The van der Waals surface area contributed by atoms with Gasteiger partial charge in [-0.3, -0.25) is 0 Å². The Morgan fingerprint density at radius 2 is 2.32 bits per heavy atom. The largest absolute Gasteiger partial charge is 0.356 e. The molecule has 106 valence electrons. The molecule has 1 atom stereocenters. The summed E-state index contributed by atoms with van der Waals surface area (Å²) in [6.07, 6.45) is 5.85. The van der Waals surface area contributed by atoms with Crippen LogP contribution < -0.4 is 10.2 Å². The average Bonchev–Trinajstić information content (AvgIpc) is 2.45. The number of nitrogens with zero attached hydrogens (tertiary/aromatic N) is 2. The van der Waals surface area contributed by atoms with E-state index in [1.807, 2.05) is 6.20 Å². The van der Waals surface area contributed by atoms with Gasteiger partial charge < -0.3 is 10.2 Å². The lowest BCUT2D eigenvalue weighted by Crippen LogP contribution is -2.36. The Morgan fingerprint density at radius 1 is 1.47 bits per heavy atom. The van der Waals surface area contributed by atoms with Crippen LogP contribution in [0.5, 0.6) is 0 Å². The van der Waals surface area contributed by atoms with Gasteiger partial charge in [-0.15, -0.1) is 0 Å². The number of piperidine rings is 1. The summed E-state index contributed by atoms with van der Waals surface area (Å²) in [6.45, 7) is 8.62. The number of hydrogen-bond acceptors (Lipinski definition) is 3. The second kappa shape index (κ2) is 7.25. The highest BCUT2D eigenvalue weighted by Crippen LogP contribution is 2.27. The van der Waals surface area contributed by atoms with Crippen LogP contribution in [-0.4, -0.2) is 24.6 Å². The van der Waals surface area contributed by atoms with E-state index in [4.69, 9.17) is 0 Å². The van der Waals surface area contributed by atoms with Gasteiger partial charge in [0.15, 0.2) is 0 Å². The van der Waals surface area contributed by atoms with Crippen LogP contribution in [0.4, 0.5) is 5.82 Å². The third-order valence-electron chi connectivity index (χ3n) is 3.87. The molecule has 1 saturated heterocycles. The van der Waals surface area contributed by atoms with Gasteiger partial charge in [0, 0.05) is 35.9 Å². The summed E-state index contributed by atoms with van der Waals surface area (Å²) in [5, 5.41) is 3.41. The molecule has 0 spiro atoms. The molecule has 19 heavy (non-hydrogen) atoms. The SMILES string of the molecule is CCNCc1cc(Br)cnc1N1CCCC(CC)C1. The zero-order valence-corrected chi connectivity index (χ0v) is 13.5. The summed E-state index contributed by atoms with van der Waals surface area (Å²) in [6, 6.07) is 2.19. The number of pyridine rings is 1. The van der Waals surface area contributed by atoms with Crippen LogP contribution in [0.25, 0.3) is 0 Å². The first-order chi connectivity index (χ1) is 9.24. The standard InChI is InChI=1S/C15H24BrN3/c1-3-12-6-5-7-19(11-12)15-13(9-17-4-2)8-14(16)10-18-15/h8,10,12,17H,3-7,9,11H2,1-2H3. The van der Waals surface area contributed by atoms with Gasteiger partial charge in [-0.1, -0.05) is 20.3 Å². The quantitative estimate of drug-likeness (QED) is 0.896. The molecule has 0 radical (unpaired) electrons. The highest BCUT2D eigenvalue weighted by atomic mass is 79.9. The highest BCUT2D eigenvalue weighted by Gasteiger charge is 2.21. The van der Waals surface area contributed by atoms with Crippen LogP contribution in [0.3, 0.4) is 0 Å². The second-order valence-electron chi connectivity index (χ2n) is 5.28. The molecular weight excluding hydrogens is 302 g/mol. The average molecular weight is 326 g/mol. The zero-order chi connectivity index (χ0) is 13.7. The summed E-state index contributed by atoms with van der Waals surface area (Å²) in [5.74, 6) is 1.99. The highest BCUT2D eigenvalue weighted by molar-refractivity contribution is 9.10. The van der Waals surface area contributed by atoms with E-state index in [0.29, 0.717) is 0 Å². The number of rotatable bonds is 5. The maximum absolute atomic E-state index is 4.66. The van der Waals surface area contributed by atoms with E-state index in [0.717, 1.165) is 36.6 Å². The Balaban J connectivity index is 2.17. The van der Waals surface area contributed by atoms with E-state index < -0.39 is 0 Å². The van der Waals surface area contributed by atoms with E-state index in [2.05, 4.69) is 51.0 Å². The predicted molar refractivity (Wildman–Crippen MR) is 84.5 cm³/mol. The summed E-state index contributed by atoms with van der Waals surface area (Å²) in [5.41, 5.74) is 1.30. The number of hydrogen-bond donors (Lipinski definition) is 1. The monoisotopic (exact) mass is 325 g/mol. The molecule has 1 aromatic heterocycles. The Bertz CT molecular complexity index is 408. The predicted octanol–water partition coefficient (Wildman–Crippen LogP) is 3.58. The number of anilines is 1. The van der Waals surface area contributed by atoms with Crippen molar-refractivity contribution in [1.29, 1.82) is 0 Å². The second-order valence-corrected chi connectivity index (χ2v) is 6.19. The van der Waals surface area contributed by atoms with Crippen molar-refractivity contribution in [3.05, 3.63) is 22.3 Å². The van der Waals surface area contributed by atoms with Crippen molar-refractivity contribution in [1.82, 2.24) is 10.3 Å². The summed E-state index contributed by atoms with van der Waals surface area (Å²) >= 11 is 3.53. The molecule has 1 fully saturated rings. The summed E-state index contributed by atoms with van der Waals surface area (Å²) in [4.78, 5) is 7.13. The normalized spacial score (nSPS) is 19.7. The summed E-state index contributed by atoms with van der Waals surface area (Å²) in [7, 11) is 0. The van der Waals surface area contributed by atoms with Gasteiger partial charge >= 0.3 is 0 Å². The number of halogens is 1. The van der Waals surface area contributed by atoms with Crippen molar-refractivity contribution in [2.24, 2.45) is 5.92 Å². The molecule has 2 heterocycles. The van der Waals surface area contributed by atoms with Gasteiger partial charge in [0.2, 0.25) is 0 Å². The van der Waals surface area contributed by atoms with Crippen LogP contribution in [0, 0.1) is 5.92 Å². The minimum atomic E-state index is 0.825. The van der Waals surface area contributed by atoms with E-state index in [1.165, 1.54) is 30.6 Å². The fourth-order valence-electron chi connectivity index (χ4n) is 2.74. The van der Waals surface area contributed by atoms with Crippen molar-refractivity contribution in [3.63, 3.8) is 0 Å². The van der Waals surface area contributed by atoms with Crippen LogP contribution in [0.15, 0.2) is 16.7 Å². The lowest BCUT2D eigenvalue weighted by molar-refractivity contribution is 0.402. The molecule has 4 heteroatoms. The lowest BCUT2D eigenvalue weighted by Gasteiger charge is -2.34. The van der Waals surface area contributed by atoms with Crippen LogP contribution in [-0.2, 0) is 6.54 Å². The van der Waals surface area contributed by atoms with E-state index in [-0.39, 0.29) is 0 Å². The van der Waals surface area contributed by atoms with Crippen LogP contribution in [0.2, 0.25) is 0 Å². The van der Waals surface area contributed by atoms with Crippen molar-refractivity contribution < 1.29 is 0 Å². The van der Waals surface area contributed by atoms with Gasteiger partial charge in [-0.05, 0) is 47.3 Å². The smallest absolute Gasteiger partial charge is 0.133 e. The Morgan fingerprint density at radius 3 is 3.05 bits per heavy atom. The van der Waals surface area contributed by atoms with Gasteiger partial charge in [-0.25, -0.2) is 4.98 Å². The molecule has 2 rings (SSSR count). The molecule has 0 aromatic carbocycles. The van der Waals surface area contributed by atoms with Crippen LogP contribution in [0.1, 0.15) is 38.7 Å². The first-order valence-corrected chi connectivity index (χ1v) is 8.14. The first kappa shape index (κ1) is 14.8. The van der Waals surface area contributed by atoms with Crippen molar-refractivity contribution in [2.75, 3.05) is 24.5 Å². The molecule has 0 aliphatic carbocycles. The Kier molecular flexibility index (Phi) is 5.64. The topological polar surface area (TPSA) is 28.2 Å². The van der Waals surface area contributed by atoms with Crippen LogP contribution >= 0.6 is 15.9 Å². The van der Waals surface area contributed by atoms with E-state index in [1.54, 1.807) is 0 Å². The van der Waals surface area contributed by atoms with Gasteiger partial charge in [0.05, 0.1) is 0 Å². The molecule has 1 unspecified atom stereocenters. The first-order valence-electron chi connectivity index (χ1n) is 7.34. The Hall–Kier alpha value is -0.610. The van der Waals surface area contributed by atoms with E-state index >= 15 is 0 Å². The molecule has 1 aromatic rings. The van der Waals surface area contributed by atoms with Crippen molar-refractivity contribution in [3.8, 4) is 0 Å². The molecule has 1 aliphatic rings. The fraction of sp³-hybridized carbons (Fsp3) is 0.667. The minimum Gasteiger partial charge on any atom is -0.356 e. The van der Waals surface area contributed by atoms with Crippen molar-refractivity contribution in [2.45, 2.75) is 39.7 Å². The summed E-state index contributed by atoms with van der Waals surface area (Å²) < 4.78 is 1.06. The third kappa shape index (κ3) is 3.93. The zero-order valence-electron chi connectivity index (χ0n) is 12.0. The molecule has 0 saturated carbocycles. The molecule has 3 nitrogen and oxygen atoms in total. The molecule has 1 aliphatic heterocycles. The number of aromatic nitrogens is 1. The molecular formula is C15H24BrN3. The fourth-order valence-corrected chi connectivity index (χ4v) is 3.12. The molecule has 0 amide bonds. The maximum Gasteiger partial charge on any atom is 0.133 e. The van der Waals surface area contributed by atoms with Gasteiger partial charge in [0.25, 0.3) is 0 Å². The van der Waals surface area contributed by atoms with E-state index in [9.17, 15) is 0 Å². The molecule has 1 N–H and O–H groups in total. The molecule has 0 bridgehead atoms. The number of nitrogens with one attached hydrogen (secondary N) is 1. The minimum absolute atomic E-state index is 0.825. The lowest BCUT2D eigenvalue weighted by atomic mass is 9.95. The maximum atomic E-state index is 4.66. The Labute approximate surface area is 124 Å². The van der Waals surface area contributed by atoms with Gasteiger partial charge in [0.1, 0.15) is 5.82 Å². The van der Waals surface area contributed by atoms with Gasteiger partial charge in [-0.2, -0.15) is 0 Å². The third-order valence-corrected chi connectivity index (χ3v) is 4.30. The van der Waals surface area contributed by atoms with Crippen molar-refractivity contribution >= 4 is 21.7 Å².